The summed E-state index contributed by atoms with van der Waals surface area (Å²) in [5.74, 6) is -0.149. The van der Waals surface area contributed by atoms with Crippen LogP contribution in [0.4, 0.5) is 0 Å². The molecule has 0 fully saturated rings. The van der Waals surface area contributed by atoms with Crippen LogP contribution in [0.5, 0.6) is 5.75 Å². The molecular weight excluding hydrogens is 466 g/mol. The normalized spacial score (nSPS) is 22.8. The number of ether oxygens (including phenoxy) is 1. The minimum absolute atomic E-state index is 0.0817. The first-order valence-electron chi connectivity index (χ1n) is 12.0. The van der Waals surface area contributed by atoms with Gasteiger partial charge in [-0.05, 0) is 61.6 Å². The number of carbonyl (C=O) groups is 1. The number of hydrogen-bond acceptors (Lipinski definition) is 6. The predicted octanol–water partition coefficient (Wildman–Crippen LogP) is 3.19. The Bertz CT molecular complexity index is 1200. The standard InChI is InChI=1S/C26H33N3O5S/c1-18-15-29(19(2)17-30)35(32,33)25-11-10-21(20-7-4-5-8-20)13-23(25)34-24(18)16-28(3)26(31)22-9-6-12-27-14-22/h6-7,9-14,18-19,24,30H,4-5,8,15-17H2,1-3H3/t18-,19+,24-/m0/s1. The number of carbonyl (C=O) groups excluding carboxylic acids is 1. The van der Waals surface area contributed by atoms with E-state index in [0.29, 0.717) is 5.56 Å². The number of aliphatic hydroxyl groups is 1. The van der Waals surface area contributed by atoms with Gasteiger partial charge >= 0.3 is 0 Å². The molecule has 2 aromatic rings. The van der Waals surface area contributed by atoms with Crippen LogP contribution in [0.2, 0.25) is 0 Å². The van der Waals surface area contributed by atoms with E-state index in [1.807, 2.05) is 13.0 Å². The molecule has 1 aliphatic heterocycles. The van der Waals surface area contributed by atoms with Crippen molar-refractivity contribution in [1.29, 1.82) is 0 Å². The van der Waals surface area contributed by atoms with E-state index in [2.05, 4.69) is 11.1 Å². The largest absolute Gasteiger partial charge is 0.487 e. The monoisotopic (exact) mass is 499 g/mol. The molecule has 35 heavy (non-hydrogen) atoms. The zero-order valence-corrected chi connectivity index (χ0v) is 21.2. The van der Waals surface area contributed by atoms with Crippen molar-refractivity contribution in [3.63, 3.8) is 0 Å². The van der Waals surface area contributed by atoms with Gasteiger partial charge in [0.05, 0.1) is 18.7 Å². The predicted molar refractivity (Wildman–Crippen MR) is 133 cm³/mol. The molecule has 8 nitrogen and oxygen atoms in total. The van der Waals surface area contributed by atoms with E-state index in [1.165, 1.54) is 16.1 Å². The fourth-order valence-corrected chi connectivity index (χ4v) is 6.46. The molecule has 0 saturated heterocycles. The second kappa shape index (κ2) is 10.5. The second-order valence-electron chi connectivity index (χ2n) is 9.45. The molecule has 0 saturated carbocycles. The molecule has 2 heterocycles. The van der Waals surface area contributed by atoms with E-state index in [-0.39, 0.29) is 42.2 Å². The number of rotatable bonds is 6. The smallest absolute Gasteiger partial charge is 0.255 e. The van der Waals surface area contributed by atoms with Gasteiger partial charge < -0.3 is 14.7 Å². The number of fused-ring (bicyclic) bond motifs is 1. The van der Waals surface area contributed by atoms with E-state index in [0.717, 1.165) is 24.8 Å². The number of aliphatic hydroxyl groups excluding tert-OH is 1. The molecule has 4 rings (SSSR count). The van der Waals surface area contributed by atoms with Crippen LogP contribution < -0.4 is 4.74 Å². The van der Waals surface area contributed by atoms with Crippen LogP contribution in [0.25, 0.3) is 5.57 Å². The lowest BCUT2D eigenvalue weighted by molar-refractivity contribution is 0.0563. The lowest BCUT2D eigenvalue weighted by atomic mass is 10.0. The van der Waals surface area contributed by atoms with Gasteiger partial charge in [-0.1, -0.05) is 19.1 Å². The van der Waals surface area contributed by atoms with Gasteiger partial charge in [0.2, 0.25) is 10.0 Å². The third-order valence-corrected chi connectivity index (χ3v) is 8.81. The van der Waals surface area contributed by atoms with Crippen molar-refractivity contribution in [3.8, 4) is 5.75 Å². The van der Waals surface area contributed by atoms with Gasteiger partial charge in [-0.15, -0.1) is 0 Å². The van der Waals surface area contributed by atoms with Gasteiger partial charge in [0.1, 0.15) is 16.7 Å². The van der Waals surface area contributed by atoms with Crippen LogP contribution in [0, 0.1) is 5.92 Å². The first-order chi connectivity index (χ1) is 16.7. The Morgan fingerprint density at radius 3 is 2.80 bits per heavy atom. The Hall–Kier alpha value is -2.75. The summed E-state index contributed by atoms with van der Waals surface area (Å²) >= 11 is 0. The van der Waals surface area contributed by atoms with Crippen molar-refractivity contribution in [1.82, 2.24) is 14.2 Å². The van der Waals surface area contributed by atoms with Crippen molar-refractivity contribution in [3.05, 3.63) is 59.9 Å². The summed E-state index contributed by atoms with van der Waals surface area (Å²) in [6, 6.07) is 8.07. The van der Waals surface area contributed by atoms with E-state index in [1.54, 1.807) is 49.3 Å². The average molecular weight is 500 g/mol. The quantitative estimate of drug-likeness (QED) is 0.655. The molecule has 1 amide bonds. The topological polar surface area (TPSA) is 100 Å². The number of likely N-dealkylation sites (N-methyl/N-ethyl adjacent to an activating group) is 1. The van der Waals surface area contributed by atoms with Crippen LogP contribution in [0.1, 0.15) is 49.0 Å². The number of sulfonamides is 1. The van der Waals surface area contributed by atoms with E-state index in [4.69, 9.17) is 4.74 Å². The molecule has 9 heteroatoms. The molecule has 0 spiro atoms. The third-order valence-electron chi connectivity index (χ3n) is 6.79. The van der Waals surface area contributed by atoms with E-state index in [9.17, 15) is 18.3 Å². The number of pyridine rings is 1. The van der Waals surface area contributed by atoms with Gasteiger partial charge in [0.15, 0.2) is 0 Å². The number of nitrogens with zero attached hydrogens (tertiary/aromatic N) is 3. The molecule has 1 N–H and O–H groups in total. The lowest BCUT2D eigenvalue weighted by Crippen LogP contribution is -2.50. The van der Waals surface area contributed by atoms with Crippen molar-refractivity contribution in [2.24, 2.45) is 5.92 Å². The summed E-state index contributed by atoms with van der Waals surface area (Å²) < 4.78 is 35.0. The molecule has 188 valence electrons. The van der Waals surface area contributed by atoms with E-state index >= 15 is 0 Å². The van der Waals surface area contributed by atoms with Crippen LogP contribution in [0.15, 0.2) is 53.7 Å². The number of allylic oxidation sites excluding steroid dienone is 2. The summed E-state index contributed by atoms with van der Waals surface area (Å²) in [5.41, 5.74) is 2.61. The van der Waals surface area contributed by atoms with Crippen LogP contribution >= 0.6 is 0 Å². The van der Waals surface area contributed by atoms with Gasteiger partial charge in [-0.2, -0.15) is 4.31 Å². The number of hydrogen-bond donors (Lipinski definition) is 1. The lowest BCUT2D eigenvalue weighted by Gasteiger charge is -2.37. The zero-order valence-electron chi connectivity index (χ0n) is 20.4. The van der Waals surface area contributed by atoms with Gasteiger partial charge in [0, 0.05) is 37.9 Å². The van der Waals surface area contributed by atoms with Crippen molar-refractivity contribution in [2.75, 3.05) is 26.7 Å². The highest BCUT2D eigenvalue weighted by molar-refractivity contribution is 7.89. The Labute approximate surface area is 207 Å². The molecule has 0 bridgehead atoms. The average Bonchev–Trinajstić information content (AvgIpc) is 3.40. The van der Waals surface area contributed by atoms with Crippen molar-refractivity contribution < 1.29 is 23.1 Å². The highest BCUT2D eigenvalue weighted by atomic mass is 32.2. The number of aromatic nitrogens is 1. The van der Waals surface area contributed by atoms with Gasteiger partial charge in [0.25, 0.3) is 5.91 Å². The molecule has 1 aromatic carbocycles. The molecule has 0 unspecified atom stereocenters. The fraction of sp³-hybridized carbons (Fsp3) is 0.462. The fourth-order valence-electron chi connectivity index (χ4n) is 4.64. The minimum atomic E-state index is -3.90. The van der Waals surface area contributed by atoms with Crippen molar-refractivity contribution >= 4 is 21.5 Å². The van der Waals surface area contributed by atoms with Crippen molar-refractivity contribution in [2.45, 2.75) is 50.2 Å². The maximum atomic E-state index is 13.6. The zero-order chi connectivity index (χ0) is 25.2. The highest BCUT2D eigenvalue weighted by Gasteiger charge is 2.38. The Balaban J connectivity index is 1.72. The molecule has 3 atom stereocenters. The first-order valence-corrected chi connectivity index (χ1v) is 13.4. The van der Waals surface area contributed by atoms with Gasteiger partial charge in [-0.3, -0.25) is 9.78 Å². The van der Waals surface area contributed by atoms with Crippen LogP contribution in [-0.4, -0.2) is 72.5 Å². The van der Waals surface area contributed by atoms with Crippen LogP contribution in [0.3, 0.4) is 0 Å². The van der Waals surface area contributed by atoms with Gasteiger partial charge in [-0.25, -0.2) is 8.42 Å². The molecule has 1 aromatic heterocycles. The summed E-state index contributed by atoms with van der Waals surface area (Å²) in [7, 11) is -2.19. The molecular formula is C26H33N3O5S. The molecule has 2 aliphatic rings. The van der Waals surface area contributed by atoms with E-state index < -0.39 is 22.2 Å². The Morgan fingerprint density at radius 1 is 1.34 bits per heavy atom. The number of benzene rings is 1. The second-order valence-corrected chi connectivity index (χ2v) is 11.3. The Kier molecular flexibility index (Phi) is 7.59. The maximum Gasteiger partial charge on any atom is 0.255 e. The maximum absolute atomic E-state index is 13.6. The molecule has 0 radical (unpaired) electrons. The SMILES string of the molecule is C[C@H](CO)N1C[C@H](C)[C@H](CN(C)C(=O)c2cccnc2)Oc2cc(C3=CCCC3)ccc2S1(=O)=O. The summed E-state index contributed by atoms with van der Waals surface area (Å²) in [4.78, 5) is 18.6. The summed E-state index contributed by atoms with van der Waals surface area (Å²) in [5, 5.41) is 9.81. The Morgan fingerprint density at radius 2 is 2.14 bits per heavy atom. The molecule has 1 aliphatic carbocycles. The highest BCUT2D eigenvalue weighted by Crippen LogP contribution is 2.37. The summed E-state index contributed by atoms with van der Waals surface area (Å²) in [6.07, 6.45) is 7.89. The summed E-state index contributed by atoms with van der Waals surface area (Å²) in [6.45, 7) is 3.74. The number of amides is 1. The van der Waals surface area contributed by atoms with Crippen LogP contribution in [-0.2, 0) is 10.0 Å². The third kappa shape index (κ3) is 5.27. The minimum Gasteiger partial charge on any atom is -0.487 e. The first kappa shape index (κ1) is 25.3.